The van der Waals surface area contributed by atoms with Crippen LogP contribution < -0.4 is 0 Å². The Balaban J connectivity index is 2.36. The first kappa shape index (κ1) is 17.2. The Morgan fingerprint density at radius 1 is 1.45 bits per heavy atom. The number of carbonyl (C=O) groups is 1. The van der Waals surface area contributed by atoms with Crippen molar-refractivity contribution >= 4 is 27.6 Å². The minimum atomic E-state index is -3.78. The van der Waals surface area contributed by atoms with E-state index in [-0.39, 0.29) is 24.4 Å². The van der Waals surface area contributed by atoms with E-state index >= 15 is 0 Å². The number of hydrogen-bond acceptors (Lipinski definition) is 4. The molecule has 1 heterocycles. The summed E-state index contributed by atoms with van der Waals surface area (Å²) in [5.74, 6) is -1.15. The van der Waals surface area contributed by atoms with E-state index in [2.05, 4.69) is 0 Å². The Hall–Kier alpha value is -1.15. The number of sulfonamides is 1. The van der Waals surface area contributed by atoms with Crippen LogP contribution in [-0.4, -0.2) is 49.6 Å². The number of rotatable bonds is 4. The summed E-state index contributed by atoms with van der Waals surface area (Å²) < 4.78 is 31.7. The van der Waals surface area contributed by atoms with Crippen LogP contribution in [0.1, 0.15) is 18.4 Å². The first-order chi connectivity index (χ1) is 10.2. The molecule has 1 aromatic rings. The minimum Gasteiger partial charge on any atom is -0.479 e. The van der Waals surface area contributed by atoms with Crippen molar-refractivity contribution in [2.45, 2.75) is 30.3 Å². The van der Waals surface area contributed by atoms with Crippen LogP contribution in [0, 0.1) is 6.92 Å². The molecule has 1 aliphatic rings. The van der Waals surface area contributed by atoms with Crippen molar-refractivity contribution in [3.8, 4) is 0 Å². The second-order valence-electron chi connectivity index (χ2n) is 5.36. The molecule has 1 aliphatic heterocycles. The molecule has 1 saturated heterocycles. The fourth-order valence-corrected chi connectivity index (χ4v) is 4.27. The largest absolute Gasteiger partial charge is 0.479 e. The van der Waals surface area contributed by atoms with Crippen molar-refractivity contribution in [2.75, 3.05) is 20.2 Å². The lowest BCUT2D eigenvalue weighted by molar-refractivity contribution is -0.166. The molecule has 0 spiro atoms. The van der Waals surface area contributed by atoms with Gasteiger partial charge >= 0.3 is 5.97 Å². The second kappa shape index (κ2) is 6.16. The topological polar surface area (TPSA) is 83.9 Å². The van der Waals surface area contributed by atoms with Gasteiger partial charge in [-0.2, -0.15) is 4.31 Å². The van der Waals surface area contributed by atoms with Gasteiger partial charge in [-0.25, -0.2) is 13.2 Å². The lowest BCUT2D eigenvalue weighted by Gasteiger charge is -2.38. The number of benzene rings is 1. The molecule has 2 rings (SSSR count). The van der Waals surface area contributed by atoms with Crippen LogP contribution in [0.2, 0.25) is 5.02 Å². The predicted molar refractivity (Wildman–Crippen MR) is 81.6 cm³/mol. The molecule has 0 radical (unpaired) electrons. The molecule has 1 fully saturated rings. The molecule has 0 aromatic heterocycles. The molecule has 1 atom stereocenters. The number of methoxy groups -OCH3 is 1. The summed E-state index contributed by atoms with van der Waals surface area (Å²) >= 11 is 5.92. The number of halogens is 1. The van der Waals surface area contributed by atoms with Crippen molar-refractivity contribution in [1.29, 1.82) is 0 Å². The molecule has 1 aromatic carbocycles. The fourth-order valence-electron chi connectivity index (χ4n) is 2.54. The van der Waals surface area contributed by atoms with Gasteiger partial charge in [0.05, 0.1) is 11.4 Å². The van der Waals surface area contributed by atoms with Crippen molar-refractivity contribution in [3.63, 3.8) is 0 Å². The predicted octanol–water partition coefficient (Wildman–Crippen LogP) is 1.90. The average molecular weight is 348 g/mol. The highest BCUT2D eigenvalue weighted by molar-refractivity contribution is 7.89. The number of carboxylic acids is 1. The maximum absolute atomic E-state index is 12.7. The van der Waals surface area contributed by atoms with E-state index in [0.29, 0.717) is 17.0 Å². The van der Waals surface area contributed by atoms with E-state index in [0.717, 1.165) is 4.31 Å². The van der Waals surface area contributed by atoms with E-state index in [4.69, 9.17) is 16.3 Å². The molecule has 1 unspecified atom stereocenters. The molecule has 1 N–H and O–H groups in total. The Labute approximate surface area is 134 Å². The van der Waals surface area contributed by atoms with E-state index in [1.54, 1.807) is 6.92 Å². The quantitative estimate of drug-likeness (QED) is 0.899. The Morgan fingerprint density at radius 3 is 2.68 bits per heavy atom. The number of aliphatic carboxylic acids is 1. The summed E-state index contributed by atoms with van der Waals surface area (Å²) in [6.45, 7) is 1.78. The van der Waals surface area contributed by atoms with Crippen molar-refractivity contribution < 1.29 is 23.1 Å². The lowest BCUT2D eigenvalue weighted by atomic mass is 9.94. The number of aryl methyl sites for hydroxylation is 1. The molecule has 0 aliphatic carbocycles. The average Bonchev–Trinajstić information content (AvgIpc) is 2.49. The summed E-state index contributed by atoms with van der Waals surface area (Å²) in [5.41, 5.74) is -0.844. The summed E-state index contributed by atoms with van der Waals surface area (Å²) in [6, 6.07) is 4.44. The maximum atomic E-state index is 12.7. The van der Waals surface area contributed by atoms with Crippen LogP contribution in [0.5, 0.6) is 0 Å². The van der Waals surface area contributed by atoms with Crippen LogP contribution in [0.15, 0.2) is 23.1 Å². The number of hydrogen-bond donors (Lipinski definition) is 1. The van der Waals surface area contributed by atoms with Gasteiger partial charge in [0, 0.05) is 18.7 Å². The van der Waals surface area contributed by atoms with Crippen LogP contribution in [0.4, 0.5) is 0 Å². The molecule has 122 valence electrons. The summed E-state index contributed by atoms with van der Waals surface area (Å²) in [4.78, 5) is 11.6. The van der Waals surface area contributed by atoms with Crippen molar-refractivity contribution in [3.05, 3.63) is 28.8 Å². The van der Waals surface area contributed by atoms with Gasteiger partial charge in [-0.15, -0.1) is 0 Å². The summed E-state index contributed by atoms with van der Waals surface area (Å²) in [5, 5.41) is 9.84. The molecular formula is C14H18ClNO5S. The van der Waals surface area contributed by atoms with E-state index in [1.807, 2.05) is 0 Å². The number of piperidine rings is 1. The minimum absolute atomic E-state index is 0.103. The molecule has 0 bridgehead atoms. The van der Waals surface area contributed by atoms with Gasteiger partial charge in [0.1, 0.15) is 0 Å². The van der Waals surface area contributed by atoms with E-state index in [9.17, 15) is 18.3 Å². The zero-order valence-electron chi connectivity index (χ0n) is 12.4. The molecule has 0 saturated carbocycles. The van der Waals surface area contributed by atoms with Crippen molar-refractivity contribution in [2.24, 2.45) is 0 Å². The maximum Gasteiger partial charge on any atom is 0.337 e. The van der Waals surface area contributed by atoms with Crippen LogP contribution in [0.3, 0.4) is 0 Å². The Bertz CT molecular complexity index is 690. The molecular weight excluding hydrogens is 330 g/mol. The standard InChI is InChI=1S/C14H18ClNO5S/c1-10-8-11(4-5-12(10)15)22(19,20)16-7-3-6-14(9-16,21-2)13(17)18/h4-5,8H,3,6-7,9H2,1-2H3,(H,17,18). The molecule has 6 nitrogen and oxygen atoms in total. The smallest absolute Gasteiger partial charge is 0.337 e. The van der Waals surface area contributed by atoms with Gasteiger partial charge in [-0.1, -0.05) is 11.6 Å². The highest BCUT2D eigenvalue weighted by Crippen LogP contribution is 2.30. The van der Waals surface area contributed by atoms with E-state index in [1.165, 1.54) is 25.3 Å². The third kappa shape index (κ3) is 2.99. The number of nitrogens with zero attached hydrogens (tertiary/aromatic N) is 1. The second-order valence-corrected chi connectivity index (χ2v) is 7.70. The number of ether oxygens (including phenoxy) is 1. The Morgan fingerprint density at radius 2 is 2.14 bits per heavy atom. The molecule has 22 heavy (non-hydrogen) atoms. The van der Waals surface area contributed by atoms with Crippen LogP contribution in [0.25, 0.3) is 0 Å². The van der Waals surface area contributed by atoms with Crippen LogP contribution >= 0.6 is 11.6 Å². The lowest BCUT2D eigenvalue weighted by Crippen LogP contribution is -2.55. The highest BCUT2D eigenvalue weighted by atomic mass is 35.5. The van der Waals surface area contributed by atoms with Gasteiger partial charge < -0.3 is 9.84 Å². The SMILES string of the molecule is COC1(C(=O)O)CCCN(S(=O)(=O)c2ccc(Cl)c(C)c2)C1. The highest BCUT2D eigenvalue weighted by Gasteiger charge is 2.46. The third-order valence-electron chi connectivity index (χ3n) is 3.97. The first-order valence-electron chi connectivity index (χ1n) is 6.78. The summed E-state index contributed by atoms with van der Waals surface area (Å²) in [6.07, 6.45) is 0.705. The summed E-state index contributed by atoms with van der Waals surface area (Å²) in [7, 11) is -2.50. The van der Waals surface area contributed by atoms with Gasteiger partial charge in [-0.05, 0) is 43.5 Å². The van der Waals surface area contributed by atoms with Gasteiger partial charge in [0.2, 0.25) is 10.0 Å². The van der Waals surface area contributed by atoms with Gasteiger partial charge in [0.15, 0.2) is 5.60 Å². The van der Waals surface area contributed by atoms with Crippen LogP contribution in [-0.2, 0) is 19.6 Å². The molecule has 0 amide bonds. The third-order valence-corrected chi connectivity index (χ3v) is 6.23. The van der Waals surface area contributed by atoms with Gasteiger partial charge in [-0.3, -0.25) is 0 Å². The number of carboxylic acid groups (broad SMARTS) is 1. The zero-order chi connectivity index (χ0) is 16.5. The van der Waals surface area contributed by atoms with Gasteiger partial charge in [0.25, 0.3) is 0 Å². The Kier molecular flexibility index (Phi) is 4.81. The monoisotopic (exact) mass is 347 g/mol. The zero-order valence-corrected chi connectivity index (χ0v) is 13.9. The normalized spacial score (nSPS) is 23.4. The van der Waals surface area contributed by atoms with E-state index < -0.39 is 21.6 Å². The molecule has 8 heteroatoms. The first-order valence-corrected chi connectivity index (χ1v) is 8.59. The van der Waals surface area contributed by atoms with Crippen molar-refractivity contribution in [1.82, 2.24) is 4.31 Å². The fraction of sp³-hybridized carbons (Fsp3) is 0.500.